The van der Waals surface area contributed by atoms with Gasteiger partial charge in [-0.1, -0.05) is 17.7 Å². The predicted octanol–water partition coefficient (Wildman–Crippen LogP) is 6.15. The number of ether oxygens (including phenoxy) is 2. The summed E-state index contributed by atoms with van der Waals surface area (Å²) in [5.74, 6) is -0.00352. The molecule has 5 aromatic rings. The van der Waals surface area contributed by atoms with Crippen molar-refractivity contribution in [3.05, 3.63) is 63.7 Å². The Labute approximate surface area is 271 Å². The first-order chi connectivity index (χ1) is 22.4. The van der Waals surface area contributed by atoms with Crippen molar-refractivity contribution in [1.82, 2.24) is 25.1 Å². The Hall–Kier alpha value is -4.22. The number of nitrogens with one attached hydrogen (secondary N) is 1. The van der Waals surface area contributed by atoms with Gasteiger partial charge >= 0.3 is 6.01 Å². The summed E-state index contributed by atoms with van der Waals surface area (Å²) in [6.07, 6.45) is 2.91. The van der Waals surface area contributed by atoms with Gasteiger partial charge < -0.3 is 20.5 Å². The van der Waals surface area contributed by atoms with Gasteiger partial charge in [-0.15, -0.1) is 11.3 Å². The van der Waals surface area contributed by atoms with Crippen LogP contribution in [0.25, 0.3) is 32.1 Å². The fourth-order valence-electron chi connectivity index (χ4n) is 7.24. The highest BCUT2D eigenvalue weighted by molar-refractivity contribution is 7.23. The van der Waals surface area contributed by atoms with E-state index in [9.17, 15) is 9.65 Å². The first-order valence-electron chi connectivity index (χ1n) is 14.9. The molecular formula is C32H27ClF2N8O2S. The quantitative estimate of drug-likeness (QED) is 0.209. The zero-order chi connectivity index (χ0) is 31.6. The van der Waals surface area contributed by atoms with Crippen molar-refractivity contribution >= 4 is 54.7 Å². The number of thiophene rings is 1. The number of aromatic nitrogens is 4. The van der Waals surface area contributed by atoms with Crippen LogP contribution in [0.15, 0.2) is 30.5 Å². The van der Waals surface area contributed by atoms with Crippen LogP contribution in [0.2, 0.25) is 5.02 Å². The Morgan fingerprint density at radius 2 is 2.11 bits per heavy atom. The van der Waals surface area contributed by atoms with Crippen LogP contribution in [0.3, 0.4) is 0 Å². The molecule has 3 aliphatic heterocycles. The molecule has 2 unspecified atom stereocenters. The highest BCUT2D eigenvalue weighted by atomic mass is 35.5. The van der Waals surface area contributed by atoms with Crippen molar-refractivity contribution in [2.45, 2.75) is 50.7 Å². The van der Waals surface area contributed by atoms with Gasteiger partial charge in [-0.3, -0.25) is 4.90 Å². The molecule has 3 aromatic heterocycles. The first kappa shape index (κ1) is 29.2. The number of nitrogen functional groups attached to an aromatic ring is 1. The number of halogens is 3. The molecule has 0 bridgehead atoms. The molecule has 3 N–H and O–H groups in total. The van der Waals surface area contributed by atoms with Crippen molar-refractivity contribution in [2.24, 2.45) is 0 Å². The molecule has 2 aromatic carbocycles. The van der Waals surface area contributed by atoms with E-state index in [0.717, 1.165) is 41.9 Å². The van der Waals surface area contributed by atoms with Crippen LogP contribution in [-0.4, -0.2) is 56.5 Å². The standard InChI is InChI=1S/C32H27ClF2N8O2S/c33-26-23(18-4-5-22(35)28-24(18)19(10-36)29(37)46-28)20-13-44-14-21(20)25-27(26)40-31(41-30(25)38-11-17-3-1-7-39-42-17)45-15-32-6-2-8-43(32)12-16(34)9-32/h1,3-5,7,16H,2,6,8-9,11-15,37H2,(H,38,40,41). The molecule has 0 aliphatic carbocycles. The number of nitrogens with zero attached hydrogens (tertiary/aromatic N) is 6. The van der Waals surface area contributed by atoms with E-state index in [0.29, 0.717) is 58.4 Å². The SMILES string of the molecule is N#Cc1c(N)sc2c(F)ccc(-c3c4c(c5c(NCc6cccnn6)nc(OCC67CCCN6CC(F)C7)nc5c3Cl)COC4)c12. The fraction of sp³-hybridized carbons (Fsp3) is 0.344. The van der Waals surface area contributed by atoms with E-state index in [2.05, 4.69) is 26.5 Å². The van der Waals surface area contributed by atoms with E-state index in [-0.39, 0.29) is 46.1 Å². The lowest BCUT2D eigenvalue weighted by Crippen LogP contribution is -2.43. The smallest absolute Gasteiger partial charge is 0.319 e. The maximum Gasteiger partial charge on any atom is 0.319 e. The lowest BCUT2D eigenvalue weighted by Gasteiger charge is -2.30. The second kappa shape index (κ2) is 11.2. The predicted molar refractivity (Wildman–Crippen MR) is 171 cm³/mol. The van der Waals surface area contributed by atoms with Crippen LogP contribution in [0.4, 0.5) is 19.6 Å². The van der Waals surface area contributed by atoms with Gasteiger partial charge in [0, 0.05) is 30.1 Å². The summed E-state index contributed by atoms with van der Waals surface area (Å²) in [4.78, 5) is 11.8. The maximum absolute atomic E-state index is 15.0. The molecule has 234 valence electrons. The van der Waals surface area contributed by atoms with E-state index >= 15 is 4.39 Å². The average molecular weight is 661 g/mol. The molecule has 14 heteroatoms. The minimum Gasteiger partial charge on any atom is -0.461 e. The third kappa shape index (κ3) is 4.62. The van der Waals surface area contributed by atoms with Crippen molar-refractivity contribution in [3.63, 3.8) is 0 Å². The number of fused-ring (bicyclic) bond motifs is 5. The van der Waals surface area contributed by atoms with Crippen LogP contribution >= 0.6 is 22.9 Å². The lowest BCUT2D eigenvalue weighted by molar-refractivity contribution is 0.107. The van der Waals surface area contributed by atoms with Crippen LogP contribution < -0.4 is 15.8 Å². The number of hydrogen-bond acceptors (Lipinski definition) is 11. The van der Waals surface area contributed by atoms with Gasteiger partial charge in [-0.05, 0) is 54.3 Å². The van der Waals surface area contributed by atoms with E-state index in [4.69, 9.17) is 36.8 Å². The molecule has 2 saturated heterocycles. The number of hydrogen-bond donors (Lipinski definition) is 2. The average Bonchev–Trinajstić information content (AvgIpc) is 3.83. The minimum atomic E-state index is -0.901. The van der Waals surface area contributed by atoms with E-state index in [1.54, 1.807) is 18.3 Å². The number of alkyl halides is 1. The van der Waals surface area contributed by atoms with Gasteiger partial charge in [0.1, 0.15) is 35.5 Å². The van der Waals surface area contributed by atoms with Crippen LogP contribution in [-0.2, 0) is 24.5 Å². The summed E-state index contributed by atoms with van der Waals surface area (Å²) in [6.45, 7) is 2.28. The topological polar surface area (TPSA) is 135 Å². The Bertz CT molecular complexity index is 2070. The van der Waals surface area contributed by atoms with Crippen molar-refractivity contribution < 1.29 is 18.3 Å². The largest absolute Gasteiger partial charge is 0.461 e. The van der Waals surface area contributed by atoms with E-state index in [1.807, 2.05) is 6.07 Å². The van der Waals surface area contributed by atoms with Crippen molar-refractivity contribution in [3.8, 4) is 23.2 Å². The van der Waals surface area contributed by atoms with Gasteiger partial charge in [-0.25, -0.2) is 8.78 Å². The van der Waals surface area contributed by atoms with Crippen LogP contribution in [0.5, 0.6) is 6.01 Å². The second-order valence-corrected chi connectivity index (χ2v) is 13.3. The van der Waals surface area contributed by atoms with Crippen molar-refractivity contribution in [1.29, 1.82) is 5.26 Å². The maximum atomic E-state index is 15.0. The molecular weight excluding hydrogens is 634 g/mol. The van der Waals surface area contributed by atoms with E-state index < -0.39 is 17.5 Å². The molecule has 0 spiro atoms. The summed E-state index contributed by atoms with van der Waals surface area (Å²) in [5.41, 5.74) is 9.81. The van der Waals surface area contributed by atoms with Gasteiger partial charge in [0.25, 0.3) is 0 Å². The lowest BCUT2D eigenvalue weighted by atomic mass is 9.91. The Kier molecular flexibility index (Phi) is 7.13. The van der Waals surface area contributed by atoms with Crippen LogP contribution in [0, 0.1) is 17.1 Å². The molecule has 6 heterocycles. The summed E-state index contributed by atoms with van der Waals surface area (Å²) in [6, 6.07) is 8.85. The third-order valence-electron chi connectivity index (χ3n) is 9.27. The molecule has 2 atom stereocenters. The minimum absolute atomic E-state index is 0.0890. The second-order valence-electron chi connectivity index (χ2n) is 11.9. The molecule has 2 fully saturated rings. The molecule has 8 rings (SSSR count). The normalized spacial score (nSPS) is 20.7. The summed E-state index contributed by atoms with van der Waals surface area (Å²) < 4.78 is 42.0. The number of nitriles is 1. The van der Waals surface area contributed by atoms with Crippen molar-refractivity contribution in [2.75, 3.05) is 30.7 Å². The first-order valence-corrected chi connectivity index (χ1v) is 16.1. The number of anilines is 2. The van der Waals surface area contributed by atoms with E-state index in [1.165, 1.54) is 6.07 Å². The number of rotatable bonds is 7. The molecule has 0 radical (unpaired) electrons. The zero-order valence-corrected chi connectivity index (χ0v) is 26.0. The van der Waals surface area contributed by atoms with Gasteiger partial charge in [-0.2, -0.15) is 25.4 Å². The summed E-state index contributed by atoms with van der Waals surface area (Å²) in [7, 11) is 0. The Balaban J connectivity index is 1.31. The molecule has 10 nitrogen and oxygen atoms in total. The zero-order valence-electron chi connectivity index (χ0n) is 24.4. The Morgan fingerprint density at radius 1 is 1.24 bits per heavy atom. The van der Waals surface area contributed by atoms with Gasteiger partial charge in [0.05, 0.1) is 57.2 Å². The number of nitrogens with two attached hydrogens (primary N) is 1. The third-order valence-corrected chi connectivity index (χ3v) is 10.7. The summed E-state index contributed by atoms with van der Waals surface area (Å²) in [5, 5.41) is 23.1. The molecule has 0 amide bonds. The number of benzene rings is 2. The highest BCUT2D eigenvalue weighted by Gasteiger charge is 2.49. The summed E-state index contributed by atoms with van der Waals surface area (Å²) >= 11 is 8.31. The van der Waals surface area contributed by atoms with Crippen LogP contribution in [0.1, 0.15) is 41.6 Å². The monoisotopic (exact) mass is 660 g/mol. The molecule has 0 saturated carbocycles. The molecule has 46 heavy (non-hydrogen) atoms. The van der Waals surface area contributed by atoms with Gasteiger partial charge in [0.2, 0.25) is 0 Å². The Morgan fingerprint density at radius 3 is 2.93 bits per heavy atom. The molecule has 3 aliphatic rings. The fourth-order valence-corrected chi connectivity index (χ4v) is 8.54. The highest BCUT2D eigenvalue weighted by Crippen LogP contribution is 2.49. The van der Waals surface area contributed by atoms with Gasteiger partial charge in [0.15, 0.2) is 0 Å².